The molecule has 6 N–H and O–H groups in total. The van der Waals surface area contributed by atoms with E-state index < -0.39 is 16.0 Å². The third-order valence-electron chi connectivity index (χ3n) is 3.55. The molecule has 0 atom stereocenters. The second kappa shape index (κ2) is 8.30. The molecule has 0 unspecified atom stereocenters. The molecule has 26 heavy (non-hydrogen) atoms. The molecule has 2 rings (SSSR count). The predicted molar refractivity (Wildman–Crippen MR) is 101 cm³/mol. The molecule has 7 nitrogen and oxygen atoms in total. The SMILES string of the molecule is CCc1ccc(C(=O)/C=C\Nc2ccc(S(=O)(=O)[NH+]=C(N)N)cc2)cc1. The number of sulfonamides is 1. The molecule has 0 heterocycles. The van der Waals surface area contributed by atoms with E-state index in [0.29, 0.717) is 11.3 Å². The number of benzene rings is 2. The minimum absolute atomic E-state index is 0.0209. The highest BCUT2D eigenvalue weighted by molar-refractivity contribution is 7.84. The number of ketones is 1. The number of guanidine groups is 1. The molecule has 0 aromatic heterocycles. The van der Waals surface area contributed by atoms with Gasteiger partial charge in [0.05, 0.1) is 0 Å². The summed E-state index contributed by atoms with van der Waals surface area (Å²) < 4.78 is 25.8. The van der Waals surface area contributed by atoms with Gasteiger partial charge in [0, 0.05) is 23.5 Å². The number of carbonyl (C=O) groups excluding carboxylic acids is 1. The molecule has 0 bridgehead atoms. The molecular formula is C18H21N4O3S+. The number of carbonyl (C=O) groups is 1. The van der Waals surface area contributed by atoms with Gasteiger partial charge >= 0.3 is 16.0 Å². The van der Waals surface area contributed by atoms with Crippen LogP contribution in [0.15, 0.2) is 65.7 Å². The summed E-state index contributed by atoms with van der Waals surface area (Å²) in [5, 5.41) is 2.92. The maximum Gasteiger partial charge on any atom is 0.353 e. The first-order chi connectivity index (χ1) is 12.3. The lowest BCUT2D eigenvalue weighted by atomic mass is 10.1. The van der Waals surface area contributed by atoms with Crippen molar-refractivity contribution in [3.63, 3.8) is 0 Å². The maximum absolute atomic E-state index is 12.1. The maximum atomic E-state index is 12.1. The Kier molecular flexibility index (Phi) is 6.13. The average molecular weight is 373 g/mol. The molecule has 0 saturated heterocycles. The summed E-state index contributed by atoms with van der Waals surface area (Å²) in [5.74, 6) is -0.530. The first kappa shape index (κ1) is 19.2. The molecule has 0 fully saturated rings. The van der Waals surface area contributed by atoms with Crippen LogP contribution in [0.4, 0.5) is 5.69 Å². The number of hydrogen-bond donors (Lipinski definition) is 4. The smallest absolute Gasteiger partial charge is 0.353 e. The normalized spacial score (nSPS) is 11.3. The molecule has 0 saturated carbocycles. The molecule has 0 amide bonds. The van der Waals surface area contributed by atoms with Crippen molar-refractivity contribution in [2.45, 2.75) is 18.2 Å². The zero-order chi connectivity index (χ0) is 19.2. The third kappa shape index (κ3) is 5.18. The van der Waals surface area contributed by atoms with Crippen LogP contribution in [0.3, 0.4) is 0 Å². The van der Waals surface area contributed by atoms with Gasteiger partial charge in [-0.2, -0.15) is 12.8 Å². The second-order valence-corrected chi connectivity index (χ2v) is 7.16. The Labute approximate surface area is 152 Å². The van der Waals surface area contributed by atoms with Gasteiger partial charge in [-0.05, 0) is 36.2 Å². The van der Waals surface area contributed by atoms with Crippen LogP contribution < -0.4 is 21.2 Å². The number of allylic oxidation sites excluding steroid dienone is 1. The van der Waals surface area contributed by atoms with Gasteiger partial charge in [0.25, 0.3) is 0 Å². The molecule has 8 heteroatoms. The van der Waals surface area contributed by atoms with E-state index in [1.165, 1.54) is 30.0 Å². The summed E-state index contributed by atoms with van der Waals surface area (Å²) >= 11 is 0. The Bertz CT molecular complexity index is 927. The van der Waals surface area contributed by atoms with E-state index in [1.54, 1.807) is 24.3 Å². The fourth-order valence-electron chi connectivity index (χ4n) is 2.16. The second-order valence-electron chi connectivity index (χ2n) is 5.48. The molecule has 136 valence electrons. The molecule has 0 radical (unpaired) electrons. The minimum atomic E-state index is -3.79. The van der Waals surface area contributed by atoms with Crippen molar-refractivity contribution in [2.24, 2.45) is 11.5 Å². The first-order valence-corrected chi connectivity index (χ1v) is 9.37. The monoisotopic (exact) mass is 373 g/mol. The summed E-state index contributed by atoms with van der Waals surface area (Å²) in [5.41, 5.74) is 12.7. The third-order valence-corrected chi connectivity index (χ3v) is 4.95. The minimum Gasteiger partial charge on any atom is -0.362 e. The average Bonchev–Trinajstić information content (AvgIpc) is 2.61. The van der Waals surface area contributed by atoms with Crippen LogP contribution in [-0.4, -0.2) is 20.2 Å². The fraction of sp³-hybridized carbons (Fsp3) is 0.111. The van der Waals surface area contributed by atoms with Crippen LogP contribution in [0.2, 0.25) is 0 Å². The number of rotatable bonds is 7. The Morgan fingerprint density at radius 1 is 1.08 bits per heavy atom. The molecule has 2 aromatic rings. The molecular weight excluding hydrogens is 352 g/mol. The van der Waals surface area contributed by atoms with E-state index in [1.807, 2.05) is 16.5 Å². The van der Waals surface area contributed by atoms with Gasteiger partial charge in [0.2, 0.25) is 0 Å². The van der Waals surface area contributed by atoms with Gasteiger partial charge < -0.3 is 5.32 Å². The van der Waals surface area contributed by atoms with Crippen molar-refractivity contribution in [2.75, 3.05) is 5.32 Å². The van der Waals surface area contributed by atoms with E-state index in [4.69, 9.17) is 11.5 Å². The van der Waals surface area contributed by atoms with Gasteiger partial charge in [0.15, 0.2) is 5.78 Å². The Balaban J connectivity index is 2.02. The zero-order valence-electron chi connectivity index (χ0n) is 14.3. The van der Waals surface area contributed by atoms with Crippen molar-refractivity contribution in [3.8, 4) is 0 Å². The van der Waals surface area contributed by atoms with Crippen molar-refractivity contribution in [3.05, 3.63) is 71.9 Å². The van der Waals surface area contributed by atoms with E-state index in [0.717, 1.165) is 6.42 Å². The van der Waals surface area contributed by atoms with Crippen LogP contribution in [-0.2, 0) is 16.4 Å². The van der Waals surface area contributed by atoms with Crippen molar-refractivity contribution in [1.29, 1.82) is 0 Å². The molecule has 0 spiro atoms. The van der Waals surface area contributed by atoms with E-state index in [2.05, 4.69) is 12.2 Å². The Hall–Kier alpha value is -3.13. The van der Waals surface area contributed by atoms with Crippen LogP contribution in [0.25, 0.3) is 0 Å². The van der Waals surface area contributed by atoms with Crippen LogP contribution in [0, 0.1) is 0 Å². The lowest BCUT2D eigenvalue weighted by Crippen LogP contribution is -2.80. The summed E-state index contributed by atoms with van der Waals surface area (Å²) in [6, 6.07) is 13.3. The standard InChI is InChI=1S/C18H20N4O3S/c1-2-13-3-5-14(6-4-13)17(23)11-12-21-15-7-9-16(10-8-15)26(24,25)22-18(19)20/h3-12,21H,2H2,1H3,(H4,19,20,22)/p+1/b12-11-. The number of hydrogen-bond acceptors (Lipinski definition) is 4. The molecule has 0 aliphatic rings. The van der Waals surface area contributed by atoms with Crippen molar-refractivity contribution < 1.29 is 17.6 Å². The number of aryl methyl sites for hydroxylation is 1. The van der Waals surface area contributed by atoms with Crippen LogP contribution in [0.5, 0.6) is 0 Å². The summed E-state index contributed by atoms with van der Waals surface area (Å²) in [6.45, 7) is 2.05. The van der Waals surface area contributed by atoms with Gasteiger partial charge in [-0.3, -0.25) is 16.3 Å². The predicted octanol–water partition coefficient (Wildman–Crippen LogP) is 0.100. The molecule has 2 aromatic carbocycles. The lowest BCUT2D eigenvalue weighted by molar-refractivity contribution is -0.270. The van der Waals surface area contributed by atoms with Crippen LogP contribution >= 0.6 is 0 Å². The van der Waals surface area contributed by atoms with Gasteiger partial charge in [-0.1, -0.05) is 31.2 Å². The first-order valence-electron chi connectivity index (χ1n) is 7.89. The van der Waals surface area contributed by atoms with Gasteiger partial charge in [-0.25, -0.2) is 0 Å². The summed E-state index contributed by atoms with van der Waals surface area (Å²) in [7, 11) is -3.79. The fourth-order valence-corrected chi connectivity index (χ4v) is 3.08. The summed E-state index contributed by atoms with van der Waals surface area (Å²) in [4.78, 5) is 12.1. The van der Waals surface area contributed by atoms with E-state index >= 15 is 0 Å². The van der Waals surface area contributed by atoms with E-state index in [-0.39, 0.29) is 10.7 Å². The number of nitrogens with two attached hydrogens (primary N) is 2. The van der Waals surface area contributed by atoms with Gasteiger partial charge in [-0.15, -0.1) is 0 Å². The van der Waals surface area contributed by atoms with Gasteiger partial charge in [0.1, 0.15) is 4.90 Å². The van der Waals surface area contributed by atoms with Crippen molar-refractivity contribution >= 4 is 27.5 Å². The topological polar surface area (TPSA) is 129 Å². The Morgan fingerprint density at radius 3 is 2.23 bits per heavy atom. The molecule has 0 aliphatic carbocycles. The quantitative estimate of drug-likeness (QED) is 0.236. The largest absolute Gasteiger partial charge is 0.362 e. The number of anilines is 1. The summed E-state index contributed by atoms with van der Waals surface area (Å²) in [6.07, 6.45) is 3.84. The van der Waals surface area contributed by atoms with Crippen LogP contribution in [0.1, 0.15) is 22.8 Å². The Morgan fingerprint density at radius 2 is 1.69 bits per heavy atom. The number of nitrogens with one attached hydrogen (secondary N) is 2. The zero-order valence-corrected chi connectivity index (χ0v) is 15.1. The van der Waals surface area contributed by atoms with E-state index in [9.17, 15) is 13.2 Å². The lowest BCUT2D eigenvalue weighted by Gasteiger charge is -2.03. The van der Waals surface area contributed by atoms with Crippen molar-refractivity contribution in [1.82, 2.24) is 0 Å². The highest BCUT2D eigenvalue weighted by atomic mass is 32.2. The molecule has 0 aliphatic heterocycles. The highest BCUT2D eigenvalue weighted by Gasteiger charge is 2.14. The highest BCUT2D eigenvalue weighted by Crippen LogP contribution is 2.12.